The lowest BCUT2D eigenvalue weighted by Crippen LogP contribution is -2.47. The molecule has 1 amide bonds. The van der Waals surface area contributed by atoms with Crippen LogP contribution in [0.5, 0.6) is 0 Å². The molecule has 1 fully saturated rings. The molecule has 25 heavy (non-hydrogen) atoms. The molecule has 1 aliphatic carbocycles. The molecule has 0 aliphatic heterocycles. The highest BCUT2D eigenvalue weighted by molar-refractivity contribution is 7.91. The Balaban J connectivity index is 0.00000312. The standard InChI is InChI=1S/C17H25FN2O3S.ClH/c1-12(11-24(22,23)15-8-6-14(18)7-9-15)17(21)20-16-5-3-2-4-13(16)10-19;/h6-9,12-13,16H,2-5,10-11,19H2,1H3,(H,20,21);1H. The summed E-state index contributed by atoms with van der Waals surface area (Å²) in [5.74, 6) is -1.50. The van der Waals surface area contributed by atoms with Crippen molar-refractivity contribution in [1.29, 1.82) is 0 Å². The van der Waals surface area contributed by atoms with Crippen LogP contribution in [0.1, 0.15) is 32.6 Å². The average molecular weight is 393 g/mol. The van der Waals surface area contributed by atoms with Crippen molar-refractivity contribution in [2.75, 3.05) is 12.3 Å². The van der Waals surface area contributed by atoms with Crippen LogP contribution in [0, 0.1) is 17.7 Å². The lowest BCUT2D eigenvalue weighted by molar-refractivity contribution is -0.125. The molecule has 0 bridgehead atoms. The van der Waals surface area contributed by atoms with E-state index in [1.54, 1.807) is 6.92 Å². The summed E-state index contributed by atoms with van der Waals surface area (Å²) in [4.78, 5) is 12.4. The van der Waals surface area contributed by atoms with Crippen molar-refractivity contribution in [2.45, 2.75) is 43.5 Å². The maximum Gasteiger partial charge on any atom is 0.224 e. The second-order valence-electron chi connectivity index (χ2n) is 6.53. The molecule has 8 heteroatoms. The van der Waals surface area contributed by atoms with E-state index in [0.717, 1.165) is 37.8 Å². The summed E-state index contributed by atoms with van der Waals surface area (Å²) in [5.41, 5.74) is 5.76. The lowest BCUT2D eigenvalue weighted by Gasteiger charge is -2.32. The Hall–Kier alpha value is -1.18. The monoisotopic (exact) mass is 392 g/mol. The summed E-state index contributed by atoms with van der Waals surface area (Å²) in [6.45, 7) is 2.11. The van der Waals surface area contributed by atoms with E-state index in [9.17, 15) is 17.6 Å². The lowest BCUT2D eigenvalue weighted by atomic mass is 9.84. The molecule has 1 aromatic rings. The number of nitrogens with two attached hydrogens (primary N) is 1. The molecular weight excluding hydrogens is 367 g/mol. The zero-order valence-corrected chi connectivity index (χ0v) is 15.9. The smallest absolute Gasteiger partial charge is 0.224 e. The number of carbonyl (C=O) groups is 1. The normalized spacial score (nSPS) is 21.9. The van der Waals surface area contributed by atoms with E-state index in [1.165, 1.54) is 12.1 Å². The van der Waals surface area contributed by atoms with Gasteiger partial charge in [-0.15, -0.1) is 12.4 Å². The highest BCUT2D eigenvalue weighted by Crippen LogP contribution is 2.24. The van der Waals surface area contributed by atoms with Gasteiger partial charge in [-0.3, -0.25) is 4.79 Å². The topological polar surface area (TPSA) is 89.3 Å². The highest BCUT2D eigenvalue weighted by atomic mass is 35.5. The maximum absolute atomic E-state index is 12.9. The first-order chi connectivity index (χ1) is 11.3. The molecule has 1 aromatic carbocycles. The molecule has 5 nitrogen and oxygen atoms in total. The van der Waals surface area contributed by atoms with Gasteiger partial charge < -0.3 is 11.1 Å². The molecule has 3 unspecified atom stereocenters. The van der Waals surface area contributed by atoms with Gasteiger partial charge in [-0.1, -0.05) is 19.8 Å². The number of rotatable bonds is 6. The van der Waals surface area contributed by atoms with Crippen LogP contribution in [-0.4, -0.2) is 32.7 Å². The quantitative estimate of drug-likeness (QED) is 0.727. The van der Waals surface area contributed by atoms with Gasteiger partial charge >= 0.3 is 0 Å². The molecule has 0 spiro atoms. The summed E-state index contributed by atoms with van der Waals surface area (Å²) in [5, 5.41) is 2.96. The summed E-state index contributed by atoms with van der Waals surface area (Å²) in [6.07, 6.45) is 4.03. The van der Waals surface area contributed by atoms with E-state index in [-0.39, 0.29) is 40.9 Å². The predicted octanol–water partition coefficient (Wildman–Crippen LogP) is 2.29. The third kappa shape index (κ3) is 5.94. The van der Waals surface area contributed by atoms with Crippen LogP contribution in [0.25, 0.3) is 0 Å². The SMILES string of the molecule is CC(CS(=O)(=O)c1ccc(F)cc1)C(=O)NC1CCCCC1CN.Cl. The number of carbonyl (C=O) groups excluding carboxylic acids is 1. The summed E-state index contributed by atoms with van der Waals surface area (Å²) in [7, 11) is -3.63. The Morgan fingerprint density at radius 3 is 2.48 bits per heavy atom. The second-order valence-corrected chi connectivity index (χ2v) is 8.57. The first-order valence-electron chi connectivity index (χ1n) is 8.32. The summed E-state index contributed by atoms with van der Waals surface area (Å²) >= 11 is 0. The molecule has 2 rings (SSSR count). The van der Waals surface area contributed by atoms with Crippen molar-refractivity contribution in [2.24, 2.45) is 17.6 Å². The fourth-order valence-electron chi connectivity index (χ4n) is 3.15. The highest BCUT2D eigenvalue weighted by Gasteiger charge is 2.29. The average Bonchev–Trinajstić information content (AvgIpc) is 2.55. The number of benzene rings is 1. The van der Waals surface area contributed by atoms with Crippen LogP contribution in [-0.2, 0) is 14.6 Å². The third-order valence-corrected chi connectivity index (χ3v) is 6.56. The molecule has 0 radical (unpaired) electrons. The second kappa shape index (κ2) is 9.50. The van der Waals surface area contributed by atoms with Crippen LogP contribution >= 0.6 is 12.4 Å². The zero-order chi connectivity index (χ0) is 17.7. The molecule has 3 atom stereocenters. The summed E-state index contributed by atoms with van der Waals surface area (Å²) in [6, 6.07) is 4.67. The fraction of sp³-hybridized carbons (Fsp3) is 0.588. The summed E-state index contributed by atoms with van der Waals surface area (Å²) < 4.78 is 37.6. The van der Waals surface area contributed by atoms with E-state index in [2.05, 4.69) is 5.32 Å². The molecule has 3 N–H and O–H groups in total. The molecular formula is C17H26ClFN2O3S. The van der Waals surface area contributed by atoms with Gasteiger partial charge in [-0.25, -0.2) is 12.8 Å². The van der Waals surface area contributed by atoms with E-state index in [0.29, 0.717) is 6.54 Å². The molecule has 1 aliphatic rings. The van der Waals surface area contributed by atoms with Gasteiger partial charge in [0.25, 0.3) is 0 Å². The molecule has 1 saturated carbocycles. The van der Waals surface area contributed by atoms with Gasteiger partial charge in [-0.05, 0) is 49.6 Å². The van der Waals surface area contributed by atoms with Gasteiger partial charge in [0.05, 0.1) is 10.6 Å². The maximum atomic E-state index is 12.9. The minimum atomic E-state index is -3.63. The number of sulfone groups is 1. The zero-order valence-electron chi connectivity index (χ0n) is 14.3. The fourth-order valence-corrected chi connectivity index (χ4v) is 4.70. The van der Waals surface area contributed by atoms with Gasteiger partial charge in [0, 0.05) is 12.0 Å². The van der Waals surface area contributed by atoms with Crippen molar-refractivity contribution in [3.05, 3.63) is 30.1 Å². The number of hydrogen-bond acceptors (Lipinski definition) is 4. The molecule has 142 valence electrons. The first-order valence-corrected chi connectivity index (χ1v) is 9.97. The van der Waals surface area contributed by atoms with Gasteiger partial charge in [0.1, 0.15) is 5.82 Å². The Labute approximate surface area is 154 Å². The van der Waals surface area contributed by atoms with Gasteiger partial charge in [0.2, 0.25) is 5.91 Å². The molecule has 0 aromatic heterocycles. The number of halogens is 2. The Morgan fingerprint density at radius 2 is 1.88 bits per heavy atom. The van der Waals surface area contributed by atoms with Crippen LogP contribution in [0.4, 0.5) is 4.39 Å². The Bertz CT molecular complexity index is 667. The molecule has 0 saturated heterocycles. The minimum Gasteiger partial charge on any atom is -0.353 e. The van der Waals surface area contributed by atoms with Crippen molar-refractivity contribution >= 4 is 28.2 Å². The van der Waals surface area contributed by atoms with E-state index in [4.69, 9.17) is 5.73 Å². The van der Waals surface area contributed by atoms with E-state index in [1.807, 2.05) is 0 Å². The third-order valence-electron chi connectivity index (χ3n) is 4.63. The molecule has 0 heterocycles. The van der Waals surface area contributed by atoms with Gasteiger partial charge in [0.15, 0.2) is 9.84 Å². The van der Waals surface area contributed by atoms with Gasteiger partial charge in [-0.2, -0.15) is 0 Å². The largest absolute Gasteiger partial charge is 0.353 e. The minimum absolute atomic E-state index is 0. The van der Waals surface area contributed by atoms with Crippen LogP contribution in [0.15, 0.2) is 29.2 Å². The Kier molecular flexibility index (Phi) is 8.31. The predicted molar refractivity (Wildman–Crippen MR) is 97.8 cm³/mol. The van der Waals surface area contributed by atoms with E-state index < -0.39 is 21.6 Å². The van der Waals surface area contributed by atoms with Crippen molar-refractivity contribution < 1.29 is 17.6 Å². The van der Waals surface area contributed by atoms with E-state index >= 15 is 0 Å². The number of hydrogen-bond donors (Lipinski definition) is 2. The van der Waals surface area contributed by atoms with Crippen molar-refractivity contribution in [1.82, 2.24) is 5.32 Å². The van der Waals surface area contributed by atoms with Crippen LogP contribution in [0.3, 0.4) is 0 Å². The van der Waals surface area contributed by atoms with Crippen molar-refractivity contribution in [3.63, 3.8) is 0 Å². The van der Waals surface area contributed by atoms with Crippen LogP contribution in [0.2, 0.25) is 0 Å². The number of nitrogens with one attached hydrogen (secondary N) is 1. The van der Waals surface area contributed by atoms with Crippen molar-refractivity contribution in [3.8, 4) is 0 Å². The first kappa shape index (κ1) is 21.9. The number of amides is 1. The Morgan fingerprint density at radius 1 is 1.28 bits per heavy atom. The van der Waals surface area contributed by atoms with Crippen LogP contribution < -0.4 is 11.1 Å².